The van der Waals surface area contributed by atoms with Crippen molar-refractivity contribution in [3.05, 3.63) is 71.9 Å². The van der Waals surface area contributed by atoms with Crippen LogP contribution in [0.1, 0.15) is 28.9 Å². The van der Waals surface area contributed by atoms with Crippen LogP contribution in [0.3, 0.4) is 0 Å². The number of anilines is 2. The lowest BCUT2D eigenvalue weighted by molar-refractivity contribution is 0.102. The van der Waals surface area contributed by atoms with Crippen molar-refractivity contribution in [2.75, 3.05) is 23.3 Å². The van der Waals surface area contributed by atoms with Crippen molar-refractivity contribution in [1.82, 2.24) is 9.97 Å². The van der Waals surface area contributed by atoms with Crippen LogP contribution in [0.4, 0.5) is 11.5 Å². The van der Waals surface area contributed by atoms with Gasteiger partial charge in [0.15, 0.2) is 5.82 Å². The van der Waals surface area contributed by atoms with E-state index >= 15 is 0 Å². The fraction of sp³-hybridized carbons (Fsp3) is 0.227. The quantitative estimate of drug-likeness (QED) is 0.755. The van der Waals surface area contributed by atoms with E-state index in [1.807, 2.05) is 61.5 Å². The van der Waals surface area contributed by atoms with Crippen molar-refractivity contribution in [3.8, 4) is 11.4 Å². The smallest absolute Gasteiger partial charge is 0.274 e. The van der Waals surface area contributed by atoms with E-state index in [9.17, 15) is 4.79 Å². The number of benzene rings is 2. The van der Waals surface area contributed by atoms with Crippen LogP contribution < -0.4 is 10.2 Å². The molecule has 0 atom stereocenters. The molecule has 0 unspecified atom stereocenters. The molecule has 2 heterocycles. The Bertz CT molecular complexity index is 950. The van der Waals surface area contributed by atoms with Gasteiger partial charge in [0.2, 0.25) is 0 Å². The lowest BCUT2D eigenvalue weighted by atomic mass is 10.2. The van der Waals surface area contributed by atoms with Crippen molar-refractivity contribution < 1.29 is 4.79 Å². The van der Waals surface area contributed by atoms with E-state index < -0.39 is 0 Å². The van der Waals surface area contributed by atoms with Gasteiger partial charge < -0.3 is 10.2 Å². The Morgan fingerprint density at radius 2 is 1.74 bits per heavy atom. The molecule has 1 fully saturated rings. The zero-order valence-electron chi connectivity index (χ0n) is 15.4. The normalized spacial score (nSPS) is 13.6. The zero-order chi connectivity index (χ0) is 18.6. The summed E-state index contributed by atoms with van der Waals surface area (Å²) in [6, 6.07) is 19.3. The maximum absolute atomic E-state index is 12.9. The summed E-state index contributed by atoms with van der Waals surface area (Å²) >= 11 is 0. The lowest BCUT2D eigenvalue weighted by Gasteiger charge is -2.18. The highest BCUT2D eigenvalue weighted by Crippen LogP contribution is 2.23. The number of aryl methyl sites for hydroxylation is 1. The number of carbonyl (C=O) groups is 1. The van der Waals surface area contributed by atoms with Crippen LogP contribution in [0.2, 0.25) is 0 Å². The maximum Gasteiger partial charge on any atom is 0.274 e. The van der Waals surface area contributed by atoms with E-state index in [0.29, 0.717) is 11.5 Å². The third kappa shape index (κ3) is 3.97. The van der Waals surface area contributed by atoms with Crippen LogP contribution >= 0.6 is 0 Å². The molecular formula is C22H22N4O. The minimum absolute atomic E-state index is 0.222. The predicted octanol–water partition coefficient (Wildman–Crippen LogP) is 4.30. The molecule has 0 spiro atoms. The number of nitrogens with one attached hydrogen (secondary N) is 1. The van der Waals surface area contributed by atoms with Gasteiger partial charge in [-0.2, -0.15) is 0 Å². The highest BCUT2D eigenvalue weighted by molar-refractivity contribution is 6.03. The van der Waals surface area contributed by atoms with Gasteiger partial charge in [0.1, 0.15) is 11.5 Å². The van der Waals surface area contributed by atoms with Crippen LogP contribution in [0.15, 0.2) is 60.7 Å². The molecule has 0 radical (unpaired) electrons. The molecule has 4 rings (SSSR count). The summed E-state index contributed by atoms with van der Waals surface area (Å²) in [4.78, 5) is 24.3. The van der Waals surface area contributed by atoms with Gasteiger partial charge in [0, 0.05) is 30.4 Å². The van der Waals surface area contributed by atoms with E-state index in [0.717, 1.165) is 48.6 Å². The SMILES string of the molecule is Cc1cccc(NC(=O)c2cc(N3CCCC3)nc(-c3ccccc3)n2)c1. The molecule has 2 aromatic carbocycles. The van der Waals surface area contributed by atoms with E-state index in [-0.39, 0.29) is 5.91 Å². The first-order valence-corrected chi connectivity index (χ1v) is 9.26. The van der Waals surface area contributed by atoms with Crippen molar-refractivity contribution in [2.24, 2.45) is 0 Å². The first kappa shape index (κ1) is 17.2. The van der Waals surface area contributed by atoms with Crippen molar-refractivity contribution >= 4 is 17.4 Å². The number of rotatable bonds is 4. The highest BCUT2D eigenvalue weighted by atomic mass is 16.1. The van der Waals surface area contributed by atoms with Gasteiger partial charge >= 0.3 is 0 Å². The average molecular weight is 358 g/mol. The number of hydrogen-bond acceptors (Lipinski definition) is 4. The number of amides is 1. The Morgan fingerprint density at radius 1 is 0.963 bits per heavy atom. The van der Waals surface area contributed by atoms with E-state index in [1.165, 1.54) is 0 Å². The van der Waals surface area contributed by atoms with Crippen LogP contribution in [-0.2, 0) is 0 Å². The van der Waals surface area contributed by atoms with Gasteiger partial charge in [-0.15, -0.1) is 0 Å². The second-order valence-corrected chi connectivity index (χ2v) is 6.82. The lowest BCUT2D eigenvalue weighted by Crippen LogP contribution is -2.22. The van der Waals surface area contributed by atoms with E-state index in [2.05, 4.69) is 15.2 Å². The zero-order valence-corrected chi connectivity index (χ0v) is 15.4. The Kier molecular flexibility index (Phi) is 4.83. The van der Waals surface area contributed by atoms with Crippen LogP contribution in [-0.4, -0.2) is 29.0 Å². The van der Waals surface area contributed by atoms with Gasteiger partial charge in [-0.1, -0.05) is 42.5 Å². The molecule has 1 aliphatic rings. The van der Waals surface area contributed by atoms with E-state index in [4.69, 9.17) is 4.98 Å². The Balaban J connectivity index is 1.70. The molecule has 3 aromatic rings. The monoisotopic (exact) mass is 358 g/mol. The molecule has 0 bridgehead atoms. The molecule has 1 aliphatic heterocycles. The molecule has 1 amide bonds. The van der Waals surface area contributed by atoms with Gasteiger partial charge in [-0.25, -0.2) is 9.97 Å². The second kappa shape index (κ2) is 7.58. The minimum atomic E-state index is -0.222. The maximum atomic E-state index is 12.9. The summed E-state index contributed by atoms with van der Waals surface area (Å²) in [5.74, 6) is 1.17. The average Bonchev–Trinajstić information content (AvgIpc) is 3.23. The van der Waals surface area contributed by atoms with Gasteiger partial charge in [-0.3, -0.25) is 4.79 Å². The molecule has 5 heteroatoms. The number of aromatic nitrogens is 2. The Morgan fingerprint density at radius 3 is 2.48 bits per heavy atom. The van der Waals surface area contributed by atoms with Crippen molar-refractivity contribution in [3.63, 3.8) is 0 Å². The summed E-state index contributed by atoms with van der Waals surface area (Å²) in [5.41, 5.74) is 3.15. The van der Waals surface area contributed by atoms with Gasteiger partial charge in [0.25, 0.3) is 5.91 Å². The Labute approximate surface area is 159 Å². The third-order valence-corrected chi connectivity index (χ3v) is 4.68. The highest BCUT2D eigenvalue weighted by Gasteiger charge is 2.19. The molecule has 1 saturated heterocycles. The minimum Gasteiger partial charge on any atom is -0.356 e. The number of nitrogens with zero attached hydrogens (tertiary/aromatic N) is 3. The second-order valence-electron chi connectivity index (χ2n) is 6.82. The molecule has 1 aromatic heterocycles. The molecular weight excluding hydrogens is 336 g/mol. The van der Waals surface area contributed by atoms with Crippen molar-refractivity contribution in [2.45, 2.75) is 19.8 Å². The third-order valence-electron chi connectivity index (χ3n) is 4.68. The van der Waals surface area contributed by atoms with Crippen LogP contribution in [0.5, 0.6) is 0 Å². The first-order chi connectivity index (χ1) is 13.2. The summed E-state index contributed by atoms with van der Waals surface area (Å²) < 4.78 is 0. The number of carbonyl (C=O) groups excluding carboxylic acids is 1. The molecule has 0 aliphatic carbocycles. The van der Waals surface area contributed by atoms with Gasteiger partial charge in [-0.05, 0) is 37.5 Å². The standard InChI is InChI=1S/C22H22N4O/c1-16-8-7-11-18(14-16)23-22(27)19-15-20(26-12-5-6-13-26)25-21(24-19)17-9-3-2-4-10-17/h2-4,7-11,14-15H,5-6,12-13H2,1H3,(H,23,27). The van der Waals surface area contributed by atoms with Crippen LogP contribution in [0, 0.1) is 6.92 Å². The summed E-state index contributed by atoms with van der Waals surface area (Å²) in [6.07, 6.45) is 2.30. The van der Waals surface area contributed by atoms with E-state index in [1.54, 1.807) is 6.07 Å². The van der Waals surface area contributed by atoms with Crippen LogP contribution in [0.25, 0.3) is 11.4 Å². The molecule has 5 nitrogen and oxygen atoms in total. The van der Waals surface area contributed by atoms with Crippen molar-refractivity contribution in [1.29, 1.82) is 0 Å². The summed E-state index contributed by atoms with van der Waals surface area (Å²) in [6.45, 7) is 3.92. The number of hydrogen-bond donors (Lipinski definition) is 1. The Hall–Kier alpha value is -3.21. The molecule has 136 valence electrons. The van der Waals surface area contributed by atoms with Gasteiger partial charge in [0.05, 0.1) is 0 Å². The fourth-order valence-corrected chi connectivity index (χ4v) is 3.29. The molecule has 0 saturated carbocycles. The summed E-state index contributed by atoms with van der Waals surface area (Å²) in [5, 5.41) is 2.95. The first-order valence-electron chi connectivity index (χ1n) is 9.26. The molecule has 1 N–H and O–H groups in total. The largest absolute Gasteiger partial charge is 0.356 e. The molecule has 27 heavy (non-hydrogen) atoms. The predicted molar refractivity (Wildman–Crippen MR) is 108 cm³/mol. The topological polar surface area (TPSA) is 58.1 Å². The summed E-state index contributed by atoms with van der Waals surface area (Å²) in [7, 11) is 0. The fourth-order valence-electron chi connectivity index (χ4n) is 3.29.